The van der Waals surface area contributed by atoms with Gasteiger partial charge in [-0.05, 0) is 30.5 Å². The van der Waals surface area contributed by atoms with Gasteiger partial charge in [0, 0.05) is 15.6 Å². The van der Waals surface area contributed by atoms with E-state index in [-0.39, 0.29) is 6.04 Å². The van der Waals surface area contributed by atoms with Gasteiger partial charge in [-0.3, -0.25) is 0 Å². The van der Waals surface area contributed by atoms with Crippen LogP contribution >= 0.6 is 15.9 Å². The van der Waals surface area contributed by atoms with Gasteiger partial charge in [0.25, 0.3) is 0 Å². The Bertz CT molecular complexity index is 657. The summed E-state index contributed by atoms with van der Waals surface area (Å²) in [6.45, 7) is 0.758. The summed E-state index contributed by atoms with van der Waals surface area (Å²) in [6, 6.07) is 11.9. The molecule has 0 fully saturated rings. The third-order valence-electron chi connectivity index (χ3n) is 3.83. The van der Waals surface area contributed by atoms with E-state index in [4.69, 9.17) is 15.2 Å². The average molecular weight is 348 g/mol. The van der Waals surface area contributed by atoms with Crippen molar-refractivity contribution < 1.29 is 9.47 Å². The summed E-state index contributed by atoms with van der Waals surface area (Å²) in [4.78, 5) is 0. The maximum atomic E-state index is 6.49. The van der Waals surface area contributed by atoms with Crippen molar-refractivity contribution >= 4 is 15.9 Å². The molecule has 0 spiro atoms. The van der Waals surface area contributed by atoms with E-state index >= 15 is 0 Å². The SMILES string of the molecule is COc1cc(Br)ccc1C(N)c1cccc2c1OCCC2. The molecular formula is C17H18BrNO2. The average Bonchev–Trinajstić information content (AvgIpc) is 2.53. The van der Waals surface area contributed by atoms with Crippen LogP contribution in [-0.2, 0) is 6.42 Å². The Kier molecular flexibility index (Phi) is 4.17. The minimum atomic E-state index is -0.263. The van der Waals surface area contributed by atoms with Crippen LogP contribution in [0, 0.1) is 0 Å². The molecular weight excluding hydrogens is 330 g/mol. The Labute approximate surface area is 133 Å². The Morgan fingerprint density at radius 1 is 1.24 bits per heavy atom. The number of para-hydroxylation sites is 1. The number of aryl methyl sites for hydroxylation is 1. The molecule has 0 amide bonds. The van der Waals surface area contributed by atoms with Gasteiger partial charge in [-0.25, -0.2) is 0 Å². The molecule has 0 bridgehead atoms. The van der Waals surface area contributed by atoms with Crippen LogP contribution in [0.4, 0.5) is 0 Å². The van der Waals surface area contributed by atoms with E-state index in [2.05, 4.69) is 22.0 Å². The molecule has 0 radical (unpaired) electrons. The molecule has 0 saturated heterocycles. The second-order valence-corrected chi connectivity index (χ2v) is 6.07. The first kappa shape index (κ1) is 14.4. The van der Waals surface area contributed by atoms with Crippen molar-refractivity contribution in [1.29, 1.82) is 0 Å². The van der Waals surface area contributed by atoms with Crippen molar-refractivity contribution in [1.82, 2.24) is 0 Å². The van der Waals surface area contributed by atoms with Crippen LogP contribution in [0.25, 0.3) is 0 Å². The van der Waals surface area contributed by atoms with E-state index in [1.165, 1.54) is 5.56 Å². The zero-order valence-corrected chi connectivity index (χ0v) is 13.5. The zero-order chi connectivity index (χ0) is 14.8. The van der Waals surface area contributed by atoms with Gasteiger partial charge < -0.3 is 15.2 Å². The van der Waals surface area contributed by atoms with Crippen molar-refractivity contribution in [3.05, 3.63) is 57.6 Å². The third kappa shape index (κ3) is 2.78. The molecule has 1 aliphatic heterocycles. The number of ether oxygens (including phenoxy) is 2. The monoisotopic (exact) mass is 347 g/mol. The van der Waals surface area contributed by atoms with Crippen LogP contribution < -0.4 is 15.2 Å². The fourth-order valence-electron chi connectivity index (χ4n) is 2.77. The van der Waals surface area contributed by atoms with Gasteiger partial charge in [0.05, 0.1) is 19.8 Å². The zero-order valence-electron chi connectivity index (χ0n) is 11.9. The Hall–Kier alpha value is -1.52. The van der Waals surface area contributed by atoms with Gasteiger partial charge in [0.1, 0.15) is 11.5 Å². The summed E-state index contributed by atoms with van der Waals surface area (Å²) in [5.41, 5.74) is 9.72. The van der Waals surface area contributed by atoms with E-state index in [0.29, 0.717) is 0 Å². The van der Waals surface area contributed by atoms with Gasteiger partial charge in [-0.1, -0.05) is 40.2 Å². The lowest BCUT2D eigenvalue weighted by Crippen LogP contribution is -2.18. The number of halogens is 1. The maximum Gasteiger partial charge on any atom is 0.127 e. The molecule has 110 valence electrons. The molecule has 1 aliphatic rings. The minimum Gasteiger partial charge on any atom is -0.496 e. The van der Waals surface area contributed by atoms with Crippen LogP contribution in [0.15, 0.2) is 40.9 Å². The molecule has 2 aromatic carbocycles. The van der Waals surface area contributed by atoms with Crippen LogP contribution in [0.1, 0.15) is 29.2 Å². The van der Waals surface area contributed by atoms with E-state index in [1.807, 2.05) is 30.3 Å². The fraction of sp³-hybridized carbons (Fsp3) is 0.294. The van der Waals surface area contributed by atoms with Gasteiger partial charge in [-0.15, -0.1) is 0 Å². The highest BCUT2D eigenvalue weighted by Gasteiger charge is 2.22. The maximum absolute atomic E-state index is 6.49. The lowest BCUT2D eigenvalue weighted by atomic mass is 9.94. The van der Waals surface area contributed by atoms with Crippen LogP contribution in [0.3, 0.4) is 0 Å². The van der Waals surface area contributed by atoms with Crippen molar-refractivity contribution in [2.24, 2.45) is 5.73 Å². The number of methoxy groups -OCH3 is 1. The van der Waals surface area contributed by atoms with Crippen molar-refractivity contribution in [2.45, 2.75) is 18.9 Å². The molecule has 3 rings (SSSR count). The first-order valence-electron chi connectivity index (χ1n) is 7.04. The van der Waals surface area contributed by atoms with Gasteiger partial charge >= 0.3 is 0 Å². The molecule has 2 N–H and O–H groups in total. The number of rotatable bonds is 3. The Morgan fingerprint density at radius 2 is 2.10 bits per heavy atom. The standard InChI is InChI=1S/C17H18BrNO2/c1-20-15-10-12(18)7-8-13(15)16(19)14-6-2-4-11-5-3-9-21-17(11)14/h2,4,6-8,10,16H,3,5,9,19H2,1H3. The van der Waals surface area contributed by atoms with E-state index in [9.17, 15) is 0 Å². The fourth-order valence-corrected chi connectivity index (χ4v) is 3.11. The second-order valence-electron chi connectivity index (χ2n) is 5.15. The summed E-state index contributed by atoms with van der Waals surface area (Å²) in [6.07, 6.45) is 2.11. The third-order valence-corrected chi connectivity index (χ3v) is 4.32. The summed E-state index contributed by atoms with van der Waals surface area (Å²) in [5, 5.41) is 0. The van der Waals surface area contributed by atoms with Gasteiger partial charge in [0.15, 0.2) is 0 Å². The summed E-state index contributed by atoms with van der Waals surface area (Å²) >= 11 is 3.46. The highest BCUT2D eigenvalue weighted by Crippen LogP contribution is 2.37. The van der Waals surface area contributed by atoms with Crippen LogP contribution in [-0.4, -0.2) is 13.7 Å². The van der Waals surface area contributed by atoms with Gasteiger partial charge in [0.2, 0.25) is 0 Å². The van der Waals surface area contributed by atoms with Crippen molar-refractivity contribution in [3.63, 3.8) is 0 Å². The molecule has 0 saturated carbocycles. The predicted molar refractivity (Wildman–Crippen MR) is 87.0 cm³/mol. The van der Waals surface area contributed by atoms with Crippen molar-refractivity contribution in [2.75, 3.05) is 13.7 Å². The topological polar surface area (TPSA) is 44.5 Å². The second kappa shape index (κ2) is 6.08. The predicted octanol–water partition coefficient (Wildman–Crippen LogP) is 3.83. The first-order valence-corrected chi connectivity index (χ1v) is 7.83. The van der Waals surface area contributed by atoms with E-state index in [1.54, 1.807) is 7.11 Å². The van der Waals surface area contributed by atoms with E-state index < -0.39 is 0 Å². The number of fused-ring (bicyclic) bond motifs is 1. The highest BCUT2D eigenvalue weighted by atomic mass is 79.9. The molecule has 4 heteroatoms. The lowest BCUT2D eigenvalue weighted by molar-refractivity contribution is 0.284. The molecule has 1 atom stereocenters. The summed E-state index contributed by atoms with van der Waals surface area (Å²) < 4.78 is 12.3. The largest absolute Gasteiger partial charge is 0.496 e. The molecule has 1 unspecified atom stereocenters. The van der Waals surface area contributed by atoms with Gasteiger partial charge in [-0.2, -0.15) is 0 Å². The quantitative estimate of drug-likeness (QED) is 0.917. The smallest absolute Gasteiger partial charge is 0.127 e. The lowest BCUT2D eigenvalue weighted by Gasteiger charge is -2.24. The first-order chi connectivity index (χ1) is 10.2. The molecule has 0 aromatic heterocycles. The molecule has 1 heterocycles. The number of hydrogen-bond acceptors (Lipinski definition) is 3. The Balaban J connectivity index is 2.05. The number of benzene rings is 2. The molecule has 0 aliphatic carbocycles. The Morgan fingerprint density at radius 3 is 2.90 bits per heavy atom. The van der Waals surface area contributed by atoms with E-state index in [0.717, 1.165) is 46.5 Å². The van der Waals surface area contributed by atoms with Crippen molar-refractivity contribution in [3.8, 4) is 11.5 Å². The number of hydrogen-bond donors (Lipinski definition) is 1. The van der Waals surface area contributed by atoms with Crippen LogP contribution in [0.2, 0.25) is 0 Å². The summed E-state index contributed by atoms with van der Waals surface area (Å²) in [7, 11) is 1.66. The normalized spacial score (nSPS) is 15.0. The van der Waals surface area contributed by atoms with Crippen LogP contribution in [0.5, 0.6) is 11.5 Å². The highest BCUT2D eigenvalue weighted by molar-refractivity contribution is 9.10. The summed E-state index contributed by atoms with van der Waals surface area (Å²) in [5.74, 6) is 1.73. The number of nitrogens with two attached hydrogens (primary N) is 1. The minimum absolute atomic E-state index is 0.263. The molecule has 2 aromatic rings. The molecule has 21 heavy (non-hydrogen) atoms. The molecule has 3 nitrogen and oxygen atoms in total.